The van der Waals surface area contributed by atoms with Crippen LogP contribution in [0.1, 0.15) is 68.8 Å². The van der Waals surface area contributed by atoms with Gasteiger partial charge < -0.3 is 14.6 Å². The maximum atomic E-state index is 5.00. The average Bonchev–Trinajstić information content (AvgIpc) is 2.22. The Morgan fingerprint density at radius 3 is 0.636 bits per heavy atom. The van der Waals surface area contributed by atoms with Crippen molar-refractivity contribution in [2.75, 3.05) is 63.5 Å². The van der Waals surface area contributed by atoms with E-state index in [1.165, 1.54) is 0 Å². The number of rotatable bonds is 1. The molecule has 0 aliphatic rings. The molecular formula is C18H63N3O. The minimum absolute atomic E-state index is 0. The summed E-state index contributed by atoms with van der Waals surface area (Å²) in [6.07, 6.45) is 0. The Hall–Kier alpha value is -0.160. The van der Waals surface area contributed by atoms with Gasteiger partial charge in [0.15, 0.2) is 0 Å². The van der Waals surface area contributed by atoms with E-state index in [9.17, 15) is 0 Å². The van der Waals surface area contributed by atoms with Crippen molar-refractivity contribution < 1.29 is 7.81 Å². The Kier molecular flexibility index (Phi) is 261. The molecule has 22 heavy (non-hydrogen) atoms. The zero-order chi connectivity index (χ0) is 15.4. The molecule has 0 amide bonds. The molecule has 0 aromatic heterocycles. The third kappa shape index (κ3) is 2080. The average molecular weight is 341 g/mol. The van der Waals surface area contributed by atoms with E-state index >= 15 is 0 Å². The molecule has 0 aliphatic heterocycles. The molecule has 0 heterocycles. The molecular weight excluding hydrogens is 274 g/mol. The molecule has 4 heteroatoms. The highest BCUT2D eigenvalue weighted by Gasteiger charge is 1.70. The van der Waals surface area contributed by atoms with Gasteiger partial charge >= 0.3 is 0 Å². The van der Waals surface area contributed by atoms with Crippen LogP contribution in [0.25, 0.3) is 0 Å². The second kappa shape index (κ2) is 84.7. The molecule has 0 aliphatic carbocycles. The summed E-state index contributed by atoms with van der Waals surface area (Å²) >= 11 is 0. The predicted octanol–water partition coefficient (Wildman–Crippen LogP) is 6.19. The third-order valence-electron chi connectivity index (χ3n) is 0.365. The normalized spacial score (nSPS) is 6.09. The van der Waals surface area contributed by atoms with Crippen molar-refractivity contribution in [1.82, 2.24) is 14.9 Å². The first kappa shape index (κ1) is 67.7. The zero-order valence-corrected chi connectivity index (χ0v) is 12.7. The van der Waals surface area contributed by atoms with Crippen LogP contribution in [0, 0.1) is 0 Å². The van der Waals surface area contributed by atoms with Gasteiger partial charge in [-0.1, -0.05) is 65.8 Å². The van der Waals surface area contributed by atoms with Crippen molar-refractivity contribution in [3.05, 3.63) is 0 Å². The van der Waals surface area contributed by atoms with Gasteiger partial charge in [0.25, 0.3) is 0 Å². The van der Waals surface area contributed by atoms with E-state index in [1.54, 1.807) is 12.2 Å². The number of hydrogen-bond acceptors (Lipinski definition) is 4. The van der Waals surface area contributed by atoms with Crippen LogP contribution >= 0.6 is 0 Å². The van der Waals surface area contributed by atoms with Crippen molar-refractivity contribution in [1.29, 1.82) is 0 Å². The highest BCUT2D eigenvalue weighted by Crippen LogP contribution is 1.64. The van der Waals surface area contributed by atoms with E-state index in [-0.39, 0.29) is 52.0 Å². The summed E-state index contributed by atoms with van der Waals surface area (Å²) in [6.45, 7) is 4.00. The largest absolute Gasteiger partial charge is 0.312 e. The second-order valence-electron chi connectivity index (χ2n) is 3.68. The number of nitrogens with zero attached hydrogens (tertiary/aromatic N) is 3. The lowest BCUT2D eigenvalue weighted by Gasteiger charge is -2.01. The van der Waals surface area contributed by atoms with Crippen molar-refractivity contribution in [3.8, 4) is 0 Å². The molecule has 0 radical (unpaired) electrons. The molecule has 0 bridgehead atoms. The van der Waals surface area contributed by atoms with Gasteiger partial charge in [-0.15, -0.1) is 0 Å². The Labute approximate surface area is 152 Å². The fourth-order valence-electron chi connectivity index (χ4n) is 0. The molecule has 0 unspecified atom stereocenters. The highest BCUT2D eigenvalue weighted by atomic mass is 16.7. The summed E-state index contributed by atoms with van der Waals surface area (Å²) in [4.78, 5) is 8.58. The SMILES string of the molecule is C.C.C.C.C.C.C.CC.CN(C)C.CN(C)C.CON(C)C.[2H][3H]. The molecule has 0 saturated heterocycles. The molecule has 0 atom stereocenters. The molecule has 0 N–H and O–H groups in total. The van der Waals surface area contributed by atoms with Crippen molar-refractivity contribution in [2.24, 2.45) is 0 Å². The van der Waals surface area contributed by atoms with Crippen molar-refractivity contribution in [3.63, 3.8) is 0 Å². The Balaban J connectivity index is -0.00000000722. The van der Waals surface area contributed by atoms with Crippen LogP contribution in [0.4, 0.5) is 0 Å². The monoisotopic (exact) mass is 341 g/mol. The summed E-state index contributed by atoms with van der Waals surface area (Å²) in [5, 5.41) is 1.62. The minimum Gasteiger partial charge on any atom is -0.312 e. The minimum atomic E-state index is 0. The van der Waals surface area contributed by atoms with Gasteiger partial charge in [-0.2, -0.15) is 5.06 Å². The van der Waals surface area contributed by atoms with Crippen LogP contribution in [0.3, 0.4) is 0 Å². The number of hydroxylamine groups is 2. The van der Waals surface area contributed by atoms with E-state index in [1.807, 2.05) is 80.0 Å². The van der Waals surface area contributed by atoms with Gasteiger partial charge in [-0.25, -0.2) is 0 Å². The van der Waals surface area contributed by atoms with Crippen LogP contribution in [0.15, 0.2) is 0 Å². The quantitative estimate of drug-likeness (QED) is 0.530. The van der Waals surface area contributed by atoms with E-state index in [0.29, 0.717) is 0 Å². The third-order valence-corrected chi connectivity index (χ3v) is 0.365. The van der Waals surface area contributed by atoms with Gasteiger partial charge in [0, 0.05) is 17.1 Å². The van der Waals surface area contributed by atoms with Crippen molar-refractivity contribution >= 4 is 0 Å². The molecule has 0 aromatic carbocycles. The molecule has 156 valence electrons. The van der Waals surface area contributed by atoms with E-state index in [4.69, 9.17) is 2.97 Å². The zero-order valence-electron chi connectivity index (χ0n) is 14.7. The maximum Gasteiger partial charge on any atom is 0.0574 e. The van der Waals surface area contributed by atoms with Gasteiger partial charge in [0.2, 0.25) is 0 Å². The molecule has 0 rings (SSSR count). The van der Waals surface area contributed by atoms with Crippen LogP contribution in [-0.2, 0) is 4.84 Å². The van der Waals surface area contributed by atoms with E-state index in [0.717, 1.165) is 0 Å². The first-order valence-electron chi connectivity index (χ1n) is 6.17. The topological polar surface area (TPSA) is 19.0 Å². The Bertz CT molecular complexity index is 77.2. The highest BCUT2D eigenvalue weighted by molar-refractivity contribution is 4.09. The number of hydrogen-bond donors (Lipinski definition) is 0. The Morgan fingerprint density at radius 1 is 0.591 bits per heavy atom. The smallest absolute Gasteiger partial charge is 0.0574 e. The van der Waals surface area contributed by atoms with Gasteiger partial charge in [0.1, 0.15) is 0 Å². The van der Waals surface area contributed by atoms with Crippen LogP contribution < -0.4 is 0 Å². The van der Waals surface area contributed by atoms with Crippen LogP contribution in [-0.4, -0.2) is 78.4 Å². The fourth-order valence-corrected chi connectivity index (χ4v) is 0. The first-order chi connectivity index (χ1) is 7.73. The lowest BCUT2D eigenvalue weighted by atomic mass is 11.0. The van der Waals surface area contributed by atoms with Crippen LogP contribution in [0.2, 0.25) is 0 Å². The van der Waals surface area contributed by atoms with Gasteiger partial charge in [0.05, 0.1) is 7.11 Å². The summed E-state index contributed by atoms with van der Waals surface area (Å²) in [5.41, 5.74) is 0. The second-order valence-corrected chi connectivity index (χ2v) is 3.68. The van der Waals surface area contributed by atoms with Crippen molar-refractivity contribution in [2.45, 2.75) is 65.8 Å². The molecule has 0 spiro atoms. The lowest BCUT2D eigenvalue weighted by Crippen LogP contribution is -2.07. The molecule has 0 aromatic rings. The standard InChI is InChI=1S/C3H9NO.2C3H9N.C2H6.7CH4.H2/c1-4(2)5-3;2*1-4(2)3;1-2;;;;;;;;/h1-3H3;2*1-3H3;1-2H3;7*1H4;1H/i;;;;;;;;;;;1+2D. The van der Waals surface area contributed by atoms with Gasteiger partial charge in [-0.3, -0.25) is 0 Å². The van der Waals surface area contributed by atoms with E-state index in [2.05, 4.69) is 4.84 Å². The molecule has 4 nitrogen and oxygen atoms in total. The summed E-state index contributed by atoms with van der Waals surface area (Å²) in [6, 6.07) is 0. The van der Waals surface area contributed by atoms with E-state index < -0.39 is 0 Å². The molecule has 0 saturated carbocycles. The summed E-state index contributed by atoms with van der Waals surface area (Å²) < 4.78 is 10.0. The Morgan fingerprint density at radius 2 is 0.636 bits per heavy atom. The predicted molar refractivity (Wildman–Crippen MR) is 120 cm³/mol. The van der Waals surface area contributed by atoms with Crippen LogP contribution in [0.5, 0.6) is 0 Å². The maximum absolute atomic E-state index is 5.00. The van der Waals surface area contributed by atoms with Gasteiger partial charge in [-0.05, 0) is 42.3 Å². The summed E-state index contributed by atoms with van der Waals surface area (Å²) in [5.74, 6) is 0. The lowest BCUT2D eigenvalue weighted by molar-refractivity contribution is -0.0855. The first-order valence-corrected chi connectivity index (χ1v) is 5.17. The molecule has 0 fully saturated rings. The fraction of sp³-hybridized carbons (Fsp3) is 1.00. The summed E-state index contributed by atoms with van der Waals surface area (Å²) in [7, 11) is 17.3.